The number of hydrogen-bond acceptors (Lipinski definition) is 2. The average molecular weight is 260 g/mol. The van der Waals surface area contributed by atoms with Gasteiger partial charge in [0, 0.05) is 19.6 Å². The van der Waals surface area contributed by atoms with Gasteiger partial charge in [-0.1, -0.05) is 38.1 Å². The molecule has 1 aliphatic rings. The van der Waals surface area contributed by atoms with Crippen LogP contribution in [0, 0.1) is 5.41 Å². The van der Waals surface area contributed by atoms with Crippen LogP contribution >= 0.6 is 0 Å². The molecule has 2 N–H and O–H groups in total. The lowest BCUT2D eigenvalue weighted by Gasteiger charge is -2.26. The first-order chi connectivity index (χ1) is 9.23. The number of rotatable bonds is 6. The van der Waals surface area contributed by atoms with Gasteiger partial charge in [-0.3, -0.25) is 0 Å². The number of nitrogens with two attached hydrogens (primary N) is 1. The maximum absolute atomic E-state index is 5.81. The molecular formula is C17H28N2. The Morgan fingerprint density at radius 1 is 1.16 bits per heavy atom. The van der Waals surface area contributed by atoms with Crippen LogP contribution in [0.5, 0.6) is 0 Å². The zero-order valence-corrected chi connectivity index (χ0v) is 12.5. The van der Waals surface area contributed by atoms with Crippen molar-refractivity contribution in [1.29, 1.82) is 0 Å². The highest BCUT2D eigenvalue weighted by Crippen LogP contribution is 2.36. The molecule has 0 radical (unpaired) electrons. The van der Waals surface area contributed by atoms with E-state index in [-0.39, 0.29) is 0 Å². The van der Waals surface area contributed by atoms with Gasteiger partial charge in [0.15, 0.2) is 0 Å². The summed E-state index contributed by atoms with van der Waals surface area (Å²) in [7, 11) is 0. The molecule has 0 atom stereocenters. The predicted octanol–water partition coefficient (Wildman–Crippen LogP) is 3.20. The second kappa shape index (κ2) is 6.53. The van der Waals surface area contributed by atoms with Crippen molar-refractivity contribution in [2.75, 3.05) is 19.6 Å². The van der Waals surface area contributed by atoms with Gasteiger partial charge >= 0.3 is 0 Å². The van der Waals surface area contributed by atoms with E-state index in [4.69, 9.17) is 5.73 Å². The Labute approximate surface area is 118 Å². The van der Waals surface area contributed by atoms with Crippen LogP contribution in [0.4, 0.5) is 0 Å². The first-order valence-electron chi connectivity index (χ1n) is 7.72. The number of nitrogens with zero attached hydrogens (tertiary/aromatic N) is 1. The van der Waals surface area contributed by atoms with E-state index < -0.39 is 0 Å². The van der Waals surface area contributed by atoms with Gasteiger partial charge in [-0.25, -0.2) is 0 Å². The number of likely N-dealkylation sites (tertiary alicyclic amines) is 1. The van der Waals surface area contributed by atoms with Crippen molar-refractivity contribution in [2.45, 2.75) is 46.1 Å². The van der Waals surface area contributed by atoms with Gasteiger partial charge in [0.05, 0.1) is 0 Å². The molecule has 0 aromatic heterocycles. The minimum atomic E-state index is 0.591. The Bertz CT molecular complexity index is 396. The third-order valence-electron chi connectivity index (χ3n) is 5.05. The molecular weight excluding hydrogens is 232 g/mol. The molecule has 19 heavy (non-hydrogen) atoms. The van der Waals surface area contributed by atoms with Crippen molar-refractivity contribution in [3.05, 3.63) is 35.4 Å². The molecule has 1 heterocycles. The molecule has 2 nitrogen and oxygen atoms in total. The summed E-state index contributed by atoms with van der Waals surface area (Å²) >= 11 is 0. The largest absolute Gasteiger partial charge is 0.326 e. The van der Waals surface area contributed by atoms with Gasteiger partial charge in [0.1, 0.15) is 0 Å². The predicted molar refractivity (Wildman–Crippen MR) is 82.1 cm³/mol. The van der Waals surface area contributed by atoms with Crippen molar-refractivity contribution < 1.29 is 0 Å². The summed E-state index contributed by atoms with van der Waals surface area (Å²) in [4.78, 5) is 2.64. The Morgan fingerprint density at radius 3 is 2.42 bits per heavy atom. The standard InChI is InChI=1S/C17H28N2/c1-3-17(4-2)10-12-19(14-17)11-9-15-7-5-6-8-16(15)13-18/h5-8H,3-4,9-14,18H2,1-2H3. The van der Waals surface area contributed by atoms with Crippen LogP contribution in [0.3, 0.4) is 0 Å². The molecule has 0 spiro atoms. The molecule has 1 saturated heterocycles. The van der Waals surface area contributed by atoms with Crippen LogP contribution in [0.1, 0.15) is 44.2 Å². The van der Waals surface area contributed by atoms with Crippen LogP contribution in [0.25, 0.3) is 0 Å². The van der Waals surface area contributed by atoms with E-state index in [1.807, 2.05) is 0 Å². The number of benzene rings is 1. The summed E-state index contributed by atoms with van der Waals surface area (Å²) in [6, 6.07) is 8.59. The third kappa shape index (κ3) is 3.37. The first kappa shape index (κ1) is 14.5. The summed E-state index contributed by atoms with van der Waals surface area (Å²) in [6.45, 7) is 9.08. The fourth-order valence-electron chi connectivity index (χ4n) is 3.32. The Morgan fingerprint density at radius 2 is 1.84 bits per heavy atom. The molecule has 1 aliphatic heterocycles. The molecule has 0 aliphatic carbocycles. The lowest BCUT2D eigenvalue weighted by atomic mass is 9.82. The molecule has 0 saturated carbocycles. The van der Waals surface area contributed by atoms with Gasteiger partial charge in [0.25, 0.3) is 0 Å². The summed E-state index contributed by atoms with van der Waals surface area (Å²) in [5.41, 5.74) is 9.13. The van der Waals surface area contributed by atoms with E-state index in [0.29, 0.717) is 12.0 Å². The summed E-state index contributed by atoms with van der Waals surface area (Å²) in [5.74, 6) is 0. The van der Waals surface area contributed by atoms with Gasteiger partial charge in [-0.05, 0) is 48.8 Å². The van der Waals surface area contributed by atoms with Crippen LogP contribution in [-0.4, -0.2) is 24.5 Å². The summed E-state index contributed by atoms with van der Waals surface area (Å²) in [6.07, 6.45) is 5.15. The van der Waals surface area contributed by atoms with Gasteiger partial charge < -0.3 is 10.6 Å². The zero-order valence-electron chi connectivity index (χ0n) is 12.5. The van der Waals surface area contributed by atoms with E-state index in [1.54, 1.807) is 0 Å². The minimum absolute atomic E-state index is 0.591. The maximum Gasteiger partial charge on any atom is 0.0180 e. The lowest BCUT2D eigenvalue weighted by Crippen LogP contribution is -2.28. The lowest BCUT2D eigenvalue weighted by molar-refractivity contribution is 0.242. The van der Waals surface area contributed by atoms with E-state index >= 15 is 0 Å². The van der Waals surface area contributed by atoms with Crippen molar-refractivity contribution in [2.24, 2.45) is 11.1 Å². The number of hydrogen-bond donors (Lipinski definition) is 1. The normalized spacial score (nSPS) is 18.9. The molecule has 1 fully saturated rings. The fraction of sp³-hybridized carbons (Fsp3) is 0.647. The highest BCUT2D eigenvalue weighted by molar-refractivity contribution is 5.27. The second-order valence-corrected chi connectivity index (χ2v) is 5.96. The Balaban J connectivity index is 1.90. The fourth-order valence-corrected chi connectivity index (χ4v) is 3.32. The average Bonchev–Trinajstić information content (AvgIpc) is 2.89. The topological polar surface area (TPSA) is 29.3 Å². The van der Waals surface area contributed by atoms with Gasteiger partial charge in [0.2, 0.25) is 0 Å². The van der Waals surface area contributed by atoms with Crippen LogP contribution < -0.4 is 5.73 Å². The van der Waals surface area contributed by atoms with Gasteiger partial charge in [-0.15, -0.1) is 0 Å². The third-order valence-corrected chi connectivity index (χ3v) is 5.05. The van der Waals surface area contributed by atoms with Crippen molar-refractivity contribution in [1.82, 2.24) is 4.90 Å². The second-order valence-electron chi connectivity index (χ2n) is 5.96. The molecule has 106 valence electrons. The quantitative estimate of drug-likeness (QED) is 0.851. The van der Waals surface area contributed by atoms with Crippen LogP contribution in [0.15, 0.2) is 24.3 Å². The van der Waals surface area contributed by atoms with Crippen LogP contribution in [0.2, 0.25) is 0 Å². The Kier molecular flexibility index (Phi) is 5.00. The van der Waals surface area contributed by atoms with E-state index in [1.165, 1.54) is 50.0 Å². The van der Waals surface area contributed by atoms with E-state index in [9.17, 15) is 0 Å². The highest BCUT2D eigenvalue weighted by atomic mass is 15.2. The van der Waals surface area contributed by atoms with Crippen LogP contribution in [-0.2, 0) is 13.0 Å². The van der Waals surface area contributed by atoms with Crippen molar-refractivity contribution in [3.8, 4) is 0 Å². The van der Waals surface area contributed by atoms with Crippen molar-refractivity contribution >= 4 is 0 Å². The van der Waals surface area contributed by atoms with E-state index in [0.717, 1.165) is 6.42 Å². The van der Waals surface area contributed by atoms with Gasteiger partial charge in [-0.2, -0.15) is 0 Å². The van der Waals surface area contributed by atoms with Crippen molar-refractivity contribution in [3.63, 3.8) is 0 Å². The zero-order chi connectivity index (χ0) is 13.7. The van der Waals surface area contributed by atoms with E-state index in [2.05, 4.69) is 43.0 Å². The monoisotopic (exact) mass is 260 g/mol. The summed E-state index contributed by atoms with van der Waals surface area (Å²) < 4.78 is 0. The smallest absolute Gasteiger partial charge is 0.0180 e. The molecule has 0 amide bonds. The molecule has 1 aromatic rings. The first-order valence-corrected chi connectivity index (χ1v) is 7.72. The molecule has 0 unspecified atom stereocenters. The SMILES string of the molecule is CCC1(CC)CCN(CCc2ccccc2CN)C1. The minimum Gasteiger partial charge on any atom is -0.326 e. The highest BCUT2D eigenvalue weighted by Gasteiger charge is 2.34. The molecule has 1 aromatic carbocycles. The Hall–Kier alpha value is -0.860. The molecule has 0 bridgehead atoms. The summed E-state index contributed by atoms with van der Waals surface area (Å²) in [5, 5.41) is 0. The molecule has 2 rings (SSSR count). The maximum atomic E-state index is 5.81. The molecule has 2 heteroatoms.